The highest BCUT2D eigenvalue weighted by Crippen LogP contribution is 2.30. The van der Waals surface area contributed by atoms with E-state index in [9.17, 15) is 8.42 Å². The molecular formula is C16H26Cl2N2O2S. The van der Waals surface area contributed by atoms with Gasteiger partial charge in [0, 0.05) is 13.1 Å². The highest BCUT2D eigenvalue weighted by atomic mass is 35.5. The van der Waals surface area contributed by atoms with Gasteiger partial charge in [-0.3, -0.25) is 0 Å². The van der Waals surface area contributed by atoms with Crippen LogP contribution in [0.3, 0.4) is 0 Å². The summed E-state index contributed by atoms with van der Waals surface area (Å²) >= 11 is 6.17. The highest BCUT2D eigenvalue weighted by molar-refractivity contribution is 7.89. The van der Waals surface area contributed by atoms with Crippen molar-refractivity contribution in [2.75, 3.05) is 26.7 Å². The lowest BCUT2D eigenvalue weighted by atomic mass is 9.98. The fourth-order valence-corrected chi connectivity index (χ4v) is 4.84. The normalized spacial score (nSPS) is 17.3. The van der Waals surface area contributed by atoms with E-state index in [2.05, 4.69) is 5.32 Å². The summed E-state index contributed by atoms with van der Waals surface area (Å²) in [6.07, 6.45) is 1.78. The van der Waals surface area contributed by atoms with Crippen molar-refractivity contribution in [2.45, 2.75) is 37.5 Å². The van der Waals surface area contributed by atoms with Crippen LogP contribution in [0, 0.1) is 5.92 Å². The van der Waals surface area contributed by atoms with Crippen molar-refractivity contribution >= 4 is 34.0 Å². The number of hydrogen-bond acceptors (Lipinski definition) is 3. The van der Waals surface area contributed by atoms with Crippen LogP contribution in [-0.2, 0) is 10.0 Å². The molecule has 1 fully saturated rings. The van der Waals surface area contributed by atoms with E-state index in [4.69, 9.17) is 11.6 Å². The zero-order valence-corrected chi connectivity index (χ0v) is 16.3. The van der Waals surface area contributed by atoms with Gasteiger partial charge in [0.05, 0.1) is 5.02 Å². The predicted molar refractivity (Wildman–Crippen MR) is 98.2 cm³/mol. The molecule has 1 heterocycles. The van der Waals surface area contributed by atoms with Crippen molar-refractivity contribution in [3.63, 3.8) is 0 Å². The van der Waals surface area contributed by atoms with Crippen LogP contribution in [-0.4, -0.2) is 39.4 Å². The zero-order chi connectivity index (χ0) is 16.3. The summed E-state index contributed by atoms with van der Waals surface area (Å²) in [5.41, 5.74) is 0.994. The van der Waals surface area contributed by atoms with Crippen molar-refractivity contribution in [2.24, 2.45) is 5.92 Å². The second-order valence-corrected chi connectivity index (χ2v) is 8.56. The van der Waals surface area contributed by atoms with Crippen LogP contribution in [0.5, 0.6) is 0 Å². The lowest BCUT2D eigenvalue weighted by molar-refractivity contribution is 0.270. The largest absolute Gasteiger partial charge is 0.319 e. The minimum absolute atomic E-state index is 0. The Bertz CT molecular complexity index is 613. The van der Waals surface area contributed by atoms with Crippen LogP contribution in [0.4, 0.5) is 0 Å². The van der Waals surface area contributed by atoms with Crippen molar-refractivity contribution in [3.05, 3.63) is 28.8 Å². The van der Waals surface area contributed by atoms with Gasteiger partial charge >= 0.3 is 0 Å². The van der Waals surface area contributed by atoms with Gasteiger partial charge in [0.25, 0.3) is 0 Å². The Morgan fingerprint density at radius 1 is 1.30 bits per heavy atom. The summed E-state index contributed by atoms with van der Waals surface area (Å²) in [5.74, 6) is 0.821. The molecule has 1 saturated heterocycles. The van der Waals surface area contributed by atoms with E-state index in [0.717, 1.165) is 24.9 Å². The lowest BCUT2D eigenvalue weighted by Gasteiger charge is -2.31. The van der Waals surface area contributed by atoms with Gasteiger partial charge < -0.3 is 5.32 Å². The number of benzene rings is 1. The monoisotopic (exact) mass is 380 g/mol. The number of piperidine rings is 1. The van der Waals surface area contributed by atoms with E-state index in [1.807, 2.05) is 27.0 Å². The van der Waals surface area contributed by atoms with Gasteiger partial charge in [-0.05, 0) is 56.0 Å². The molecular weight excluding hydrogens is 355 g/mol. The Balaban J connectivity index is 0.00000264. The van der Waals surface area contributed by atoms with E-state index in [-0.39, 0.29) is 23.2 Å². The Morgan fingerprint density at radius 2 is 1.91 bits per heavy atom. The van der Waals surface area contributed by atoms with Gasteiger partial charge in [0.15, 0.2) is 0 Å². The average molecular weight is 381 g/mol. The fourth-order valence-electron chi connectivity index (χ4n) is 2.86. The number of nitrogens with zero attached hydrogens (tertiary/aromatic N) is 1. The van der Waals surface area contributed by atoms with E-state index >= 15 is 0 Å². The summed E-state index contributed by atoms with van der Waals surface area (Å²) in [5, 5.41) is 3.47. The molecule has 132 valence electrons. The molecule has 0 bridgehead atoms. The maximum Gasteiger partial charge on any atom is 0.244 e. The molecule has 2 rings (SSSR count). The molecule has 0 saturated carbocycles. The third-order valence-electron chi connectivity index (χ3n) is 4.31. The average Bonchev–Trinajstić information content (AvgIpc) is 2.48. The van der Waals surface area contributed by atoms with Gasteiger partial charge in [0.1, 0.15) is 4.90 Å². The molecule has 0 amide bonds. The molecule has 0 spiro atoms. The molecule has 1 aliphatic rings. The van der Waals surface area contributed by atoms with Crippen LogP contribution >= 0.6 is 24.0 Å². The maximum absolute atomic E-state index is 12.9. The zero-order valence-electron chi connectivity index (χ0n) is 13.9. The topological polar surface area (TPSA) is 49.4 Å². The molecule has 1 aromatic rings. The van der Waals surface area contributed by atoms with Gasteiger partial charge in [0.2, 0.25) is 10.0 Å². The molecule has 7 heteroatoms. The minimum atomic E-state index is -3.51. The van der Waals surface area contributed by atoms with Crippen molar-refractivity contribution in [3.8, 4) is 0 Å². The first-order valence-corrected chi connectivity index (χ1v) is 9.62. The first kappa shape index (κ1) is 20.7. The molecule has 0 atom stereocenters. The Labute approximate surface area is 151 Å². The van der Waals surface area contributed by atoms with Gasteiger partial charge in [-0.15, -0.1) is 12.4 Å². The van der Waals surface area contributed by atoms with Gasteiger partial charge in [-0.1, -0.05) is 31.5 Å². The Kier molecular flexibility index (Phi) is 7.81. The summed E-state index contributed by atoms with van der Waals surface area (Å²) in [4.78, 5) is 0.243. The van der Waals surface area contributed by atoms with Crippen molar-refractivity contribution < 1.29 is 8.42 Å². The van der Waals surface area contributed by atoms with Crippen LogP contribution < -0.4 is 5.32 Å². The predicted octanol–water partition coefficient (Wildman–Crippen LogP) is 3.51. The first-order valence-electron chi connectivity index (χ1n) is 7.80. The molecule has 23 heavy (non-hydrogen) atoms. The maximum atomic E-state index is 12.9. The third kappa shape index (κ3) is 4.83. The van der Waals surface area contributed by atoms with Crippen LogP contribution in [0.25, 0.3) is 0 Å². The Morgan fingerprint density at radius 3 is 2.43 bits per heavy atom. The quantitative estimate of drug-likeness (QED) is 0.849. The molecule has 4 nitrogen and oxygen atoms in total. The second-order valence-electron chi connectivity index (χ2n) is 6.25. The molecule has 1 N–H and O–H groups in total. The number of rotatable bonds is 5. The van der Waals surface area contributed by atoms with Gasteiger partial charge in [-0.2, -0.15) is 4.31 Å². The summed E-state index contributed by atoms with van der Waals surface area (Å²) < 4.78 is 27.3. The lowest BCUT2D eigenvalue weighted by Crippen LogP contribution is -2.40. The summed E-state index contributed by atoms with van der Waals surface area (Å²) in [7, 11) is -1.58. The Hall–Kier alpha value is -0.330. The third-order valence-corrected chi connectivity index (χ3v) is 6.69. The van der Waals surface area contributed by atoms with Crippen LogP contribution in [0.1, 0.15) is 38.2 Å². The number of sulfonamides is 1. The SMILES string of the molecule is CNCC1CCN(S(=O)(=O)c2cc(C(C)C)ccc2Cl)CC1.Cl. The molecule has 0 radical (unpaired) electrons. The fraction of sp³-hybridized carbons (Fsp3) is 0.625. The van der Waals surface area contributed by atoms with E-state index in [1.165, 1.54) is 0 Å². The van der Waals surface area contributed by atoms with Crippen LogP contribution in [0.2, 0.25) is 5.02 Å². The van der Waals surface area contributed by atoms with Crippen LogP contribution in [0.15, 0.2) is 23.1 Å². The van der Waals surface area contributed by atoms with E-state index < -0.39 is 10.0 Å². The van der Waals surface area contributed by atoms with Gasteiger partial charge in [-0.25, -0.2) is 8.42 Å². The number of nitrogens with one attached hydrogen (secondary N) is 1. The number of hydrogen-bond donors (Lipinski definition) is 1. The van der Waals surface area contributed by atoms with E-state index in [1.54, 1.807) is 16.4 Å². The highest BCUT2D eigenvalue weighted by Gasteiger charge is 2.30. The standard InChI is InChI=1S/C16H25ClN2O2S.ClH/c1-12(2)14-4-5-15(17)16(10-14)22(20,21)19-8-6-13(7-9-19)11-18-3;/h4-5,10,12-13,18H,6-9,11H2,1-3H3;1H. The summed E-state index contributed by atoms with van der Waals surface area (Å²) in [6.45, 7) is 6.16. The first-order chi connectivity index (χ1) is 10.4. The smallest absolute Gasteiger partial charge is 0.244 e. The minimum Gasteiger partial charge on any atom is -0.319 e. The van der Waals surface area contributed by atoms with E-state index in [0.29, 0.717) is 24.0 Å². The van der Waals surface area contributed by atoms with Crippen molar-refractivity contribution in [1.82, 2.24) is 9.62 Å². The summed E-state index contributed by atoms with van der Waals surface area (Å²) in [6, 6.07) is 5.31. The molecule has 0 aromatic heterocycles. The molecule has 0 unspecified atom stereocenters. The molecule has 0 aliphatic carbocycles. The second kappa shape index (κ2) is 8.67. The number of halogens is 2. The molecule has 1 aliphatic heterocycles. The van der Waals surface area contributed by atoms with Crippen molar-refractivity contribution in [1.29, 1.82) is 0 Å². The molecule has 1 aromatic carbocycles.